The van der Waals surface area contributed by atoms with E-state index in [-0.39, 0.29) is 5.41 Å². The summed E-state index contributed by atoms with van der Waals surface area (Å²) in [5, 5.41) is 12.8. The van der Waals surface area contributed by atoms with Gasteiger partial charge in [0.1, 0.15) is 0 Å². The van der Waals surface area contributed by atoms with Gasteiger partial charge in [-0.2, -0.15) is 0 Å². The molecular weight excluding hydrogens is 198 g/mol. The number of nitrogens with zero attached hydrogens (tertiary/aromatic N) is 1. The molecule has 0 aromatic heterocycles. The van der Waals surface area contributed by atoms with Gasteiger partial charge in [-0.1, -0.05) is 65.0 Å². The van der Waals surface area contributed by atoms with Crippen molar-refractivity contribution in [3.63, 3.8) is 0 Å². The molecule has 0 radical (unpaired) electrons. The summed E-state index contributed by atoms with van der Waals surface area (Å²) in [7, 11) is 0. The van der Waals surface area contributed by atoms with Crippen molar-refractivity contribution in [1.29, 1.82) is 0 Å². The van der Waals surface area contributed by atoms with E-state index in [1.807, 2.05) is 0 Å². The van der Waals surface area contributed by atoms with Gasteiger partial charge in [-0.25, -0.2) is 0 Å². The fraction of sp³-hybridized carbons (Fsp3) is 0.929. The van der Waals surface area contributed by atoms with Crippen LogP contribution in [0.15, 0.2) is 5.16 Å². The van der Waals surface area contributed by atoms with Crippen molar-refractivity contribution in [3.8, 4) is 0 Å². The van der Waals surface area contributed by atoms with Crippen molar-refractivity contribution in [2.24, 2.45) is 22.4 Å². The van der Waals surface area contributed by atoms with Crippen LogP contribution in [0.5, 0.6) is 0 Å². The monoisotopic (exact) mass is 225 g/mol. The van der Waals surface area contributed by atoms with Crippen molar-refractivity contribution < 1.29 is 5.21 Å². The first-order valence-corrected chi connectivity index (χ1v) is 6.70. The predicted octanol–water partition coefficient (Wildman–Crippen LogP) is 4.47. The van der Waals surface area contributed by atoms with Crippen LogP contribution in [0.1, 0.15) is 66.2 Å². The van der Waals surface area contributed by atoms with Crippen molar-refractivity contribution in [2.75, 3.05) is 0 Å². The highest BCUT2D eigenvalue weighted by atomic mass is 16.4. The lowest BCUT2D eigenvalue weighted by atomic mass is 9.72. The second kappa shape index (κ2) is 5.70. The van der Waals surface area contributed by atoms with Crippen molar-refractivity contribution in [2.45, 2.75) is 66.2 Å². The maximum absolute atomic E-state index is 9.23. The minimum atomic E-state index is 0.0200. The zero-order valence-corrected chi connectivity index (χ0v) is 11.3. The van der Waals surface area contributed by atoms with Gasteiger partial charge in [0.25, 0.3) is 0 Å². The summed E-state index contributed by atoms with van der Waals surface area (Å²) in [6.07, 6.45) is 7.70. The Morgan fingerprint density at radius 2 is 1.81 bits per heavy atom. The molecule has 0 aromatic rings. The second-order valence-corrected chi connectivity index (χ2v) is 6.13. The molecule has 0 atom stereocenters. The predicted molar refractivity (Wildman–Crippen MR) is 69.0 cm³/mol. The van der Waals surface area contributed by atoms with Crippen LogP contribution in [0, 0.1) is 17.3 Å². The number of hydrogen-bond acceptors (Lipinski definition) is 2. The van der Waals surface area contributed by atoms with Gasteiger partial charge in [0, 0.05) is 5.41 Å². The summed E-state index contributed by atoms with van der Waals surface area (Å²) in [5.41, 5.74) is 1.01. The van der Waals surface area contributed by atoms with Crippen molar-refractivity contribution in [3.05, 3.63) is 0 Å². The Morgan fingerprint density at radius 1 is 1.25 bits per heavy atom. The van der Waals surface area contributed by atoms with E-state index in [9.17, 15) is 5.21 Å². The first kappa shape index (κ1) is 13.5. The molecule has 16 heavy (non-hydrogen) atoms. The van der Waals surface area contributed by atoms with Crippen LogP contribution in [-0.4, -0.2) is 10.9 Å². The maximum Gasteiger partial charge on any atom is 0.0632 e. The topological polar surface area (TPSA) is 32.6 Å². The highest BCUT2D eigenvalue weighted by Crippen LogP contribution is 2.34. The minimum absolute atomic E-state index is 0.0200. The van der Waals surface area contributed by atoms with Crippen molar-refractivity contribution >= 4 is 5.71 Å². The Balaban J connectivity index is 2.61. The molecule has 0 spiro atoms. The zero-order chi connectivity index (χ0) is 12.2. The van der Waals surface area contributed by atoms with Crippen molar-refractivity contribution in [1.82, 2.24) is 0 Å². The molecule has 0 bridgehead atoms. The van der Waals surface area contributed by atoms with E-state index in [0.717, 1.165) is 18.1 Å². The van der Waals surface area contributed by atoms with E-state index < -0.39 is 0 Å². The van der Waals surface area contributed by atoms with E-state index in [1.165, 1.54) is 32.1 Å². The van der Waals surface area contributed by atoms with Gasteiger partial charge in [0.15, 0.2) is 0 Å². The standard InChI is InChI=1S/C14H27NO/c1-11(2)14(3,4)13(15-16)10-12-8-6-5-7-9-12/h11-12,16H,5-10H2,1-4H3. The lowest BCUT2D eigenvalue weighted by Gasteiger charge is -2.33. The summed E-state index contributed by atoms with van der Waals surface area (Å²) in [6.45, 7) is 8.78. The molecule has 0 unspecified atom stereocenters. The first-order chi connectivity index (χ1) is 7.48. The second-order valence-electron chi connectivity index (χ2n) is 6.13. The Hall–Kier alpha value is -0.530. The highest BCUT2D eigenvalue weighted by Gasteiger charge is 2.31. The fourth-order valence-electron chi connectivity index (χ4n) is 2.43. The molecule has 94 valence electrons. The van der Waals surface area contributed by atoms with E-state index in [4.69, 9.17) is 0 Å². The number of oxime groups is 1. The van der Waals surface area contributed by atoms with Gasteiger partial charge in [0.05, 0.1) is 5.71 Å². The molecule has 1 aliphatic rings. The molecule has 1 saturated carbocycles. The summed E-state index contributed by atoms with van der Waals surface area (Å²) in [5.74, 6) is 1.26. The van der Waals surface area contributed by atoms with Crippen LogP contribution in [-0.2, 0) is 0 Å². The van der Waals surface area contributed by atoms with Crippen LogP contribution >= 0.6 is 0 Å². The van der Waals surface area contributed by atoms with Gasteiger partial charge in [-0.3, -0.25) is 0 Å². The quantitative estimate of drug-likeness (QED) is 0.427. The smallest absolute Gasteiger partial charge is 0.0632 e. The SMILES string of the molecule is CC(C)C(C)(C)C(CC1CCCCC1)=NO. The Morgan fingerprint density at radius 3 is 2.25 bits per heavy atom. The van der Waals surface area contributed by atoms with Gasteiger partial charge in [-0.15, -0.1) is 0 Å². The highest BCUT2D eigenvalue weighted by molar-refractivity contribution is 5.89. The normalized spacial score (nSPS) is 20.4. The number of rotatable bonds is 4. The number of hydrogen-bond donors (Lipinski definition) is 1. The van der Waals surface area contributed by atoms with Gasteiger partial charge in [-0.05, 0) is 18.3 Å². The minimum Gasteiger partial charge on any atom is -0.411 e. The lowest BCUT2D eigenvalue weighted by molar-refractivity contribution is 0.277. The Kier molecular flexibility index (Phi) is 4.82. The molecule has 0 aliphatic heterocycles. The molecule has 1 aliphatic carbocycles. The molecule has 0 aromatic carbocycles. The van der Waals surface area contributed by atoms with Crippen LogP contribution in [0.4, 0.5) is 0 Å². The lowest BCUT2D eigenvalue weighted by Crippen LogP contribution is -2.32. The molecule has 2 heteroatoms. The molecule has 0 amide bonds. The molecule has 0 heterocycles. The third-order valence-electron chi connectivity index (χ3n) is 4.51. The van der Waals surface area contributed by atoms with Crippen LogP contribution in [0.2, 0.25) is 0 Å². The van der Waals surface area contributed by atoms with E-state index in [0.29, 0.717) is 5.92 Å². The summed E-state index contributed by atoms with van der Waals surface area (Å²) in [4.78, 5) is 0. The van der Waals surface area contributed by atoms with Crippen LogP contribution in [0.3, 0.4) is 0 Å². The molecule has 0 saturated heterocycles. The van der Waals surface area contributed by atoms with E-state index in [2.05, 4.69) is 32.9 Å². The maximum atomic E-state index is 9.23. The Labute approximate surface area is 100 Å². The van der Waals surface area contributed by atoms with Gasteiger partial charge >= 0.3 is 0 Å². The summed E-state index contributed by atoms with van der Waals surface area (Å²) < 4.78 is 0. The summed E-state index contributed by atoms with van der Waals surface area (Å²) in [6, 6.07) is 0. The largest absolute Gasteiger partial charge is 0.411 e. The van der Waals surface area contributed by atoms with E-state index in [1.54, 1.807) is 0 Å². The third kappa shape index (κ3) is 3.23. The van der Waals surface area contributed by atoms with Gasteiger partial charge in [0.2, 0.25) is 0 Å². The van der Waals surface area contributed by atoms with Gasteiger partial charge < -0.3 is 5.21 Å². The molecule has 1 fully saturated rings. The molecular formula is C14H27NO. The van der Waals surface area contributed by atoms with Crippen LogP contribution in [0.25, 0.3) is 0 Å². The average molecular weight is 225 g/mol. The molecule has 2 nitrogen and oxygen atoms in total. The summed E-state index contributed by atoms with van der Waals surface area (Å²) >= 11 is 0. The third-order valence-corrected chi connectivity index (χ3v) is 4.51. The first-order valence-electron chi connectivity index (χ1n) is 6.70. The zero-order valence-electron chi connectivity index (χ0n) is 11.3. The molecule has 1 rings (SSSR count). The van der Waals surface area contributed by atoms with Crippen LogP contribution < -0.4 is 0 Å². The molecule has 1 N–H and O–H groups in total. The Bertz CT molecular complexity index is 237. The average Bonchev–Trinajstić information content (AvgIpc) is 2.26. The van der Waals surface area contributed by atoms with E-state index >= 15 is 0 Å². The fourth-order valence-corrected chi connectivity index (χ4v) is 2.43.